The molecule has 0 bridgehead atoms. The molecule has 1 aromatic rings. The van der Waals surface area contributed by atoms with Gasteiger partial charge < -0.3 is 19.8 Å². The Labute approximate surface area is 148 Å². The van der Waals surface area contributed by atoms with Crippen molar-refractivity contribution in [2.75, 3.05) is 19.7 Å². The van der Waals surface area contributed by atoms with Crippen molar-refractivity contribution in [3.05, 3.63) is 34.3 Å². The van der Waals surface area contributed by atoms with Crippen molar-refractivity contribution in [1.29, 1.82) is 0 Å². The van der Waals surface area contributed by atoms with Crippen LogP contribution in [0.5, 0.6) is 0 Å². The molecule has 1 aliphatic rings. The van der Waals surface area contributed by atoms with Gasteiger partial charge in [-0.25, -0.2) is 4.79 Å². The highest BCUT2D eigenvalue weighted by atomic mass is 35.5. The highest BCUT2D eigenvalue weighted by Crippen LogP contribution is 2.37. The number of amides is 1. The highest BCUT2D eigenvalue weighted by molar-refractivity contribution is 6.31. The second-order valence-corrected chi connectivity index (χ2v) is 7.96. The molecule has 1 aromatic carbocycles. The van der Waals surface area contributed by atoms with E-state index in [0.717, 1.165) is 11.1 Å². The van der Waals surface area contributed by atoms with Gasteiger partial charge in [-0.2, -0.15) is 0 Å². The maximum Gasteiger partial charge on any atom is 0.407 e. The van der Waals surface area contributed by atoms with E-state index in [2.05, 4.69) is 0 Å². The zero-order valence-electron chi connectivity index (χ0n) is 14.6. The summed E-state index contributed by atoms with van der Waals surface area (Å²) in [6.07, 6.45) is -1.68. The fourth-order valence-corrected chi connectivity index (χ4v) is 3.10. The SMILES string of the molecule is Cc1ccc([C@H]2OC(C(C)(C)C)CN(C(=O)O)C[C@@H]2CO)cc1Cl. The third kappa shape index (κ3) is 4.21. The zero-order chi connectivity index (χ0) is 18.1. The van der Waals surface area contributed by atoms with Gasteiger partial charge in [0.25, 0.3) is 0 Å². The summed E-state index contributed by atoms with van der Waals surface area (Å²) in [5.74, 6) is -0.341. The molecule has 0 radical (unpaired) electrons. The van der Waals surface area contributed by atoms with Gasteiger partial charge in [0.05, 0.1) is 25.4 Å². The minimum absolute atomic E-state index is 0.156. The highest BCUT2D eigenvalue weighted by Gasteiger charge is 2.39. The van der Waals surface area contributed by atoms with Crippen LogP contribution >= 0.6 is 11.6 Å². The van der Waals surface area contributed by atoms with E-state index in [1.807, 2.05) is 45.9 Å². The van der Waals surface area contributed by atoms with Crippen molar-refractivity contribution in [2.45, 2.75) is 39.9 Å². The molecule has 1 amide bonds. The maximum atomic E-state index is 11.6. The predicted octanol–water partition coefficient (Wildman–Crippen LogP) is 3.72. The van der Waals surface area contributed by atoms with Crippen LogP contribution in [-0.2, 0) is 4.74 Å². The van der Waals surface area contributed by atoms with Crippen LogP contribution in [0.2, 0.25) is 5.02 Å². The molecule has 1 aliphatic heterocycles. The Morgan fingerprint density at radius 1 is 1.38 bits per heavy atom. The predicted molar refractivity (Wildman–Crippen MR) is 93.4 cm³/mol. The molecule has 0 spiro atoms. The Kier molecular flexibility index (Phi) is 5.78. The fourth-order valence-electron chi connectivity index (χ4n) is 2.91. The third-order valence-electron chi connectivity index (χ3n) is 4.58. The van der Waals surface area contributed by atoms with Gasteiger partial charge >= 0.3 is 6.09 Å². The standard InChI is InChI=1S/C18H26ClNO4/c1-11-5-6-12(7-14(11)19)16-13(10-21)8-20(17(22)23)9-15(24-16)18(2,3)4/h5-7,13,15-16,21H,8-10H2,1-4H3,(H,22,23)/t13-,15?,16-/m1/s1. The van der Waals surface area contributed by atoms with Gasteiger partial charge in [-0.15, -0.1) is 0 Å². The lowest BCUT2D eigenvalue weighted by atomic mass is 9.88. The molecule has 24 heavy (non-hydrogen) atoms. The van der Waals surface area contributed by atoms with Crippen LogP contribution in [0, 0.1) is 18.3 Å². The number of carboxylic acid groups (broad SMARTS) is 1. The molecule has 3 atom stereocenters. The number of aliphatic hydroxyl groups is 1. The van der Waals surface area contributed by atoms with E-state index in [-0.39, 0.29) is 37.1 Å². The van der Waals surface area contributed by atoms with E-state index in [0.29, 0.717) is 5.02 Å². The summed E-state index contributed by atoms with van der Waals surface area (Å²) in [6.45, 7) is 8.35. The molecule has 0 aliphatic carbocycles. The van der Waals surface area contributed by atoms with Crippen molar-refractivity contribution in [3.8, 4) is 0 Å². The molecular formula is C18H26ClNO4. The Morgan fingerprint density at radius 3 is 2.54 bits per heavy atom. The van der Waals surface area contributed by atoms with E-state index < -0.39 is 12.2 Å². The molecule has 2 rings (SSSR count). The van der Waals surface area contributed by atoms with Gasteiger partial charge in [0.2, 0.25) is 0 Å². The molecule has 134 valence electrons. The molecule has 1 saturated heterocycles. The van der Waals surface area contributed by atoms with Gasteiger partial charge in [-0.1, -0.05) is 44.5 Å². The first-order chi connectivity index (χ1) is 11.1. The molecule has 1 unspecified atom stereocenters. The number of aryl methyl sites for hydroxylation is 1. The van der Waals surface area contributed by atoms with Crippen molar-refractivity contribution < 1.29 is 19.7 Å². The number of benzene rings is 1. The van der Waals surface area contributed by atoms with Crippen LogP contribution in [0.4, 0.5) is 4.79 Å². The molecule has 5 nitrogen and oxygen atoms in total. The molecule has 6 heteroatoms. The lowest BCUT2D eigenvalue weighted by Gasteiger charge is -2.34. The zero-order valence-corrected chi connectivity index (χ0v) is 15.4. The molecule has 1 heterocycles. The molecule has 2 N–H and O–H groups in total. The van der Waals surface area contributed by atoms with Crippen LogP contribution in [0.1, 0.15) is 38.0 Å². The fraction of sp³-hybridized carbons (Fsp3) is 0.611. The monoisotopic (exact) mass is 355 g/mol. The van der Waals surface area contributed by atoms with Crippen LogP contribution in [0.25, 0.3) is 0 Å². The second-order valence-electron chi connectivity index (χ2n) is 7.55. The van der Waals surface area contributed by atoms with Crippen LogP contribution in [-0.4, -0.2) is 47.0 Å². The number of halogens is 1. The summed E-state index contributed by atoms with van der Waals surface area (Å²) < 4.78 is 6.32. The van der Waals surface area contributed by atoms with E-state index in [1.165, 1.54) is 4.90 Å². The Balaban J connectivity index is 2.42. The van der Waals surface area contributed by atoms with E-state index >= 15 is 0 Å². The Bertz CT molecular complexity index is 599. The summed E-state index contributed by atoms with van der Waals surface area (Å²) in [5, 5.41) is 19.9. The number of carbonyl (C=O) groups is 1. The van der Waals surface area contributed by atoms with Gasteiger partial charge in [0, 0.05) is 17.5 Å². The van der Waals surface area contributed by atoms with Gasteiger partial charge in [0.1, 0.15) is 0 Å². The quantitative estimate of drug-likeness (QED) is 0.848. The van der Waals surface area contributed by atoms with Crippen molar-refractivity contribution >= 4 is 17.7 Å². The smallest absolute Gasteiger partial charge is 0.407 e. The average molecular weight is 356 g/mol. The first-order valence-corrected chi connectivity index (χ1v) is 8.51. The first kappa shape index (κ1) is 19.0. The van der Waals surface area contributed by atoms with E-state index in [1.54, 1.807) is 0 Å². The maximum absolute atomic E-state index is 11.6. The van der Waals surface area contributed by atoms with Crippen molar-refractivity contribution in [2.24, 2.45) is 11.3 Å². The summed E-state index contributed by atoms with van der Waals surface area (Å²) in [7, 11) is 0. The number of hydrogen-bond donors (Lipinski definition) is 2. The largest absolute Gasteiger partial charge is 0.465 e. The summed E-state index contributed by atoms with van der Waals surface area (Å²) in [5.41, 5.74) is 1.60. The summed E-state index contributed by atoms with van der Waals surface area (Å²) in [6, 6.07) is 5.70. The van der Waals surface area contributed by atoms with Gasteiger partial charge in [-0.05, 0) is 29.5 Å². The van der Waals surface area contributed by atoms with Gasteiger partial charge in [0.15, 0.2) is 0 Å². The third-order valence-corrected chi connectivity index (χ3v) is 4.98. The Hall–Kier alpha value is -1.30. The molecule has 0 aromatic heterocycles. The lowest BCUT2D eigenvalue weighted by Crippen LogP contribution is -2.42. The number of aliphatic hydroxyl groups excluding tert-OH is 1. The summed E-state index contributed by atoms with van der Waals surface area (Å²) in [4.78, 5) is 12.9. The molecule has 0 saturated carbocycles. The summed E-state index contributed by atoms with van der Waals surface area (Å²) >= 11 is 6.25. The minimum Gasteiger partial charge on any atom is -0.465 e. The second kappa shape index (κ2) is 7.30. The number of hydrogen-bond acceptors (Lipinski definition) is 3. The topological polar surface area (TPSA) is 70.0 Å². The minimum atomic E-state index is -0.992. The van der Waals surface area contributed by atoms with Crippen molar-refractivity contribution in [1.82, 2.24) is 4.90 Å². The van der Waals surface area contributed by atoms with E-state index in [4.69, 9.17) is 16.3 Å². The van der Waals surface area contributed by atoms with Crippen LogP contribution < -0.4 is 0 Å². The Morgan fingerprint density at radius 2 is 2.04 bits per heavy atom. The van der Waals surface area contributed by atoms with Crippen molar-refractivity contribution in [3.63, 3.8) is 0 Å². The molecular weight excluding hydrogens is 330 g/mol. The lowest BCUT2D eigenvalue weighted by molar-refractivity contribution is -0.0827. The van der Waals surface area contributed by atoms with E-state index in [9.17, 15) is 15.0 Å². The number of rotatable bonds is 2. The number of nitrogens with zero attached hydrogens (tertiary/aromatic N) is 1. The molecule has 1 fully saturated rings. The van der Waals surface area contributed by atoms with Crippen LogP contribution in [0.15, 0.2) is 18.2 Å². The van der Waals surface area contributed by atoms with Gasteiger partial charge in [-0.3, -0.25) is 0 Å². The first-order valence-electron chi connectivity index (χ1n) is 8.13. The van der Waals surface area contributed by atoms with Crippen LogP contribution in [0.3, 0.4) is 0 Å². The normalized spacial score (nSPS) is 25.4. The number of ether oxygens (including phenoxy) is 1. The average Bonchev–Trinajstić information content (AvgIpc) is 2.69.